The third kappa shape index (κ3) is 2.32. The summed E-state index contributed by atoms with van der Waals surface area (Å²) < 4.78 is 0. The van der Waals surface area contributed by atoms with Gasteiger partial charge in [-0.3, -0.25) is 14.6 Å². The Balaban J connectivity index is 2.13. The fourth-order valence-electron chi connectivity index (χ4n) is 2.92. The van der Waals surface area contributed by atoms with Crippen LogP contribution in [0.4, 0.5) is 0 Å². The van der Waals surface area contributed by atoms with Gasteiger partial charge in [-0.2, -0.15) is 0 Å². The highest BCUT2D eigenvalue weighted by Gasteiger charge is 2.49. The maximum Gasteiger partial charge on any atom is 0.325 e. The zero-order valence-corrected chi connectivity index (χ0v) is 10.8. The fraction of sp³-hybridized carbons (Fsp3) is 0.917. The zero-order chi connectivity index (χ0) is 12.5. The maximum absolute atomic E-state index is 11.7. The number of carboxylic acid groups (broad SMARTS) is 1. The summed E-state index contributed by atoms with van der Waals surface area (Å²) in [6, 6.07) is 0.430. The van der Waals surface area contributed by atoms with Crippen molar-refractivity contribution in [2.75, 3.05) is 39.3 Å². The van der Waals surface area contributed by atoms with Gasteiger partial charge in [0, 0.05) is 45.3 Å². The van der Waals surface area contributed by atoms with Crippen LogP contribution < -0.4 is 5.32 Å². The topological polar surface area (TPSA) is 55.8 Å². The molecule has 0 aromatic rings. The summed E-state index contributed by atoms with van der Waals surface area (Å²) >= 11 is 0. The van der Waals surface area contributed by atoms with Crippen molar-refractivity contribution in [1.82, 2.24) is 15.1 Å². The van der Waals surface area contributed by atoms with Crippen molar-refractivity contribution in [3.8, 4) is 0 Å². The summed E-state index contributed by atoms with van der Waals surface area (Å²) in [7, 11) is 0. The number of nitrogens with one attached hydrogen (secondary N) is 1. The standard InChI is InChI=1S/C12H23N3O2/c1-10(2)14-6-3-12(9-14,11(16)17)15-7-4-13-5-8-15/h10,13H,3-9H2,1-2H3,(H,16,17). The van der Waals surface area contributed by atoms with Crippen LogP contribution in [0.5, 0.6) is 0 Å². The van der Waals surface area contributed by atoms with Crippen LogP contribution in [0.1, 0.15) is 20.3 Å². The minimum absolute atomic E-state index is 0.430. The van der Waals surface area contributed by atoms with E-state index in [2.05, 4.69) is 29.0 Å². The van der Waals surface area contributed by atoms with Gasteiger partial charge in [0.25, 0.3) is 0 Å². The molecule has 2 fully saturated rings. The molecule has 0 amide bonds. The van der Waals surface area contributed by atoms with Crippen LogP contribution in [-0.4, -0.2) is 71.7 Å². The molecule has 0 aliphatic carbocycles. The summed E-state index contributed by atoms with van der Waals surface area (Å²) in [5, 5.41) is 12.9. The Hall–Kier alpha value is -0.650. The SMILES string of the molecule is CC(C)N1CCC(C(=O)O)(N2CCNCC2)C1. The third-order valence-corrected chi connectivity index (χ3v) is 4.13. The van der Waals surface area contributed by atoms with E-state index in [0.717, 1.165) is 39.1 Å². The van der Waals surface area contributed by atoms with Gasteiger partial charge in [0.2, 0.25) is 0 Å². The molecule has 98 valence electrons. The summed E-state index contributed by atoms with van der Waals surface area (Å²) in [4.78, 5) is 16.1. The van der Waals surface area contributed by atoms with E-state index >= 15 is 0 Å². The molecule has 2 saturated heterocycles. The minimum Gasteiger partial charge on any atom is -0.480 e. The fourth-order valence-corrected chi connectivity index (χ4v) is 2.92. The van der Waals surface area contributed by atoms with Crippen molar-refractivity contribution >= 4 is 5.97 Å². The van der Waals surface area contributed by atoms with E-state index in [9.17, 15) is 9.90 Å². The van der Waals surface area contributed by atoms with Crippen molar-refractivity contribution in [3.05, 3.63) is 0 Å². The van der Waals surface area contributed by atoms with E-state index in [0.29, 0.717) is 12.6 Å². The van der Waals surface area contributed by atoms with Crippen molar-refractivity contribution in [1.29, 1.82) is 0 Å². The first-order valence-corrected chi connectivity index (χ1v) is 6.49. The largest absolute Gasteiger partial charge is 0.480 e. The zero-order valence-electron chi connectivity index (χ0n) is 10.8. The second kappa shape index (κ2) is 4.92. The molecule has 1 atom stereocenters. The molecule has 5 heteroatoms. The highest BCUT2D eigenvalue weighted by molar-refractivity contribution is 5.79. The van der Waals surface area contributed by atoms with E-state index in [1.165, 1.54) is 0 Å². The number of piperazine rings is 1. The van der Waals surface area contributed by atoms with Crippen LogP contribution in [0.25, 0.3) is 0 Å². The second-order valence-electron chi connectivity index (χ2n) is 5.39. The van der Waals surface area contributed by atoms with E-state index in [-0.39, 0.29) is 0 Å². The number of carbonyl (C=O) groups is 1. The van der Waals surface area contributed by atoms with E-state index in [1.54, 1.807) is 0 Å². The smallest absolute Gasteiger partial charge is 0.325 e. The maximum atomic E-state index is 11.7. The molecule has 1 unspecified atom stereocenters. The normalized spacial score (nSPS) is 32.2. The predicted molar refractivity (Wildman–Crippen MR) is 66.1 cm³/mol. The Morgan fingerprint density at radius 3 is 2.41 bits per heavy atom. The molecule has 0 bridgehead atoms. The molecule has 0 aromatic heterocycles. The third-order valence-electron chi connectivity index (χ3n) is 4.13. The van der Waals surface area contributed by atoms with Crippen molar-refractivity contribution < 1.29 is 9.90 Å². The lowest BCUT2D eigenvalue weighted by molar-refractivity contribution is -0.151. The van der Waals surface area contributed by atoms with Crippen LogP contribution in [0.2, 0.25) is 0 Å². The van der Waals surface area contributed by atoms with Gasteiger partial charge in [-0.1, -0.05) is 0 Å². The molecule has 0 spiro atoms. The van der Waals surface area contributed by atoms with Crippen LogP contribution in [-0.2, 0) is 4.79 Å². The van der Waals surface area contributed by atoms with Crippen LogP contribution >= 0.6 is 0 Å². The van der Waals surface area contributed by atoms with Crippen LogP contribution in [0.15, 0.2) is 0 Å². The monoisotopic (exact) mass is 241 g/mol. The van der Waals surface area contributed by atoms with Crippen molar-refractivity contribution in [2.24, 2.45) is 0 Å². The van der Waals surface area contributed by atoms with E-state index in [4.69, 9.17) is 0 Å². The van der Waals surface area contributed by atoms with Gasteiger partial charge in [0.15, 0.2) is 0 Å². The first-order chi connectivity index (χ1) is 8.06. The highest BCUT2D eigenvalue weighted by Crippen LogP contribution is 2.30. The first kappa shape index (κ1) is 12.8. The van der Waals surface area contributed by atoms with Gasteiger partial charge in [-0.05, 0) is 20.3 Å². The summed E-state index contributed by atoms with van der Waals surface area (Å²) in [6.45, 7) is 9.32. The minimum atomic E-state index is -0.650. The van der Waals surface area contributed by atoms with Crippen LogP contribution in [0, 0.1) is 0 Å². The van der Waals surface area contributed by atoms with Gasteiger partial charge in [-0.15, -0.1) is 0 Å². The lowest BCUT2D eigenvalue weighted by atomic mass is 9.95. The molecule has 17 heavy (non-hydrogen) atoms. The molecule has 2 rings (SSSR count). The quantitative estimate of drug-likeness (QED) is 0.718. The Morgan fingerprint density at radius 2 is 1.94 bits per heavy atom. The number of carboxylic acids is 1. The Bertz CT molecular complexity index is 289. The molecule has 2 N–H and O–H groups in total. The van der Waals surface area contributed by atoms with Gasteiger partial charge < -0.3 is 10.4 Å². The molecule has 0 aromatic carbocycles. The molecule has 0 saturated carbocycles. The number of nitrogens with zero attached hydrogens (tertiary/aromatic N) is 2. The van der Waals surface area contributed by atoms with E-state index < -0.39 is 11.5 Å². The first-order valence-electron chi connectivity index (χ1n) is 6.49. The molecule has 2 heterocycles. The predicted octanol–water partition coefficient (Wildman–Crippen LogP) is -0.171. The molecule has 2 aliphatic heterocycles. The lowest BCUT2D eigenvalue weighted by Gasteiger charge is -2.40. The Morgan fingerprint density at radius 1 is 1.29 bits per heavy atom. The second-order valence-corrected chi connectivity index (χ2v) is 5.39. The van der Waals surface area contributed by atoms with Crippen LogP contribution in [0.3, 0.4) is 0 Å². The average molecular weight is 241 g/mol. The van der Waals surface area contributed by atoms with E-state index in [1.807, 2.05) is 0 Å². The summed E-state index contributed by atoms with van der Waals surface area (Å²) in [6.07, 6.45) is 0.751. The highest BCUT2D eigenvalue weighted by atomic mass is 16.4. The Kier molecular flexibility index (Phi) is 3.70. The van der Waals surface area contributed by atoms with Gasteiger partial charge in [0.05, 0.1) is 0 Å². The average Bonchev–Trinajstić information content (AvgIpc) is 2.76. The Labute approximate surface area is 103 Å². The number of rotatable bonds is 3. The number of hydrogen-bond donors (Lipinski definition) is 2. The molecule has 5 nitrogen and oxygen atoms in total. The van der Waals surface area contributed by atoms with Crippen molar-refractivity contribution in [2.45, 2.75) is 31.8 Å². The van der Waals surface area contributed by atoms with Gasteiger partial charge in [-0.25, -0.2) is 0 Å². The lowest BCUT2D eigenvalue weighted by Crippen LogP contribution is -2.61. The summed E-state index contributed by atoms with van der Waals surface area (Å²) in [5.74, 6) is -0.650. The number of likely N-dealkylation sites (tertiary alicyclic amines) is 1. The summed E-state index contributed by atoms with van der Waals surface area (Å²) in [5.41, 5.74) is -0.646. The number of aliphatic carboxylic acids is 1. The molecular formula is C12H23N3O2. The number of hydrogen-bond acceptors (Lipinski definition) is 4. The molecule has 0 radical (unpaired) electrons. The molecule has 2 aliphatic rings. The van der Waals surface area contributed by atoms with Gasteiger partial charge in [0.1, 0.15) is 5.54 Å². The van der Waals surface area contributed by atoms with Gasteiger partial charge >= 0.3 is 5.97 Å². The van der Waals surface area contributed by atoms with Crippen molar-refractivity contribution in [3.63, 3.8) is 0 Å². The molecular weight excluding hydrogens is 218 g/mol.